The number of aromatic nitrogens is 2. The first-order valence-electron chi connectivity index (χ1n) is 6.84. The highest BCUT2D eigenvalue weighted by Gasteiger charge is 2.24. The van der Waals surface area contributed by atoms with E-state index < -0.39 is 20.8 Å². The number of phenolic OH excluding ortho intramolecular Hbond substituents is 1. The van der Waals surface area contributed by atoms with Gasteiger partial charge in [-0.25, -0.2) is 5.26 Å². The summed E-state index contributed by atoms with van der Waals surface area (Å²) in [5.74, 6) is -0.439. The molecule has 0 aliphatic carbocycles. The van der Waals surface area contributed by atoms with Crippen molar-refractivity contribution in [2.75, 3.05) is 0 Å². The highest BCUT2D eigenvalue weighted by molar-refractivity contribution is 7.94. The summed E-state index contributed by atoms with van der Waals surface area (Å²) in [7, 11) is -4.68. The monoisotopic (exact) mass is 518 g/mol. The summed E-state index contributed by atoms with van der Waals surface area (Å²) in [5.41, 5.74) is -0.303. The van der Waals surface area contributed by atoms with E-state index >= 15 is 0 Å². The summed E-state index contributed by atoms with van der Waals surface area (Å²) in [6, 6.07) is 2.16. The van der Waals surface area contributed by atoms with Gasteiger partial charge in [-0.05, 0) is 12.1 Å². The third-order valence-electron chi connectivity index (χ3n) is 3.25. The van der Waals surface area contributed by atoms with Gasteiger partial charge in [-0.3, -0.25) is 4.55 Å². The van der Waals surface area contributed by atoms with Gasteiger partial charge in [0.15, 0.2) is 5.75 Å². The summed E-state index contributed by atoms with van der Waals surface area (Å²) in [6.07, 6.45) is 0. The van der Waals surface area contributed by atoms with Crippen molar-refractivity contribution in [1.82, 2.24) is 8.75 Å². The number of nitrogens with zero attached hydrogens (tertiary/aromatic N) is 4. The molecule has 17 heteroatoms. The number of azo groups is 1. The highest BCUT2D eigenvalue weighted by Crippen LogP contribution is 2.45. The Bertz CT molecular complexity index is 1240. The van der Waals surface area contributed by atoms with Crippen molar-refractivity contribution in [2.24, 2.45) is 10.2 Å². The Morgan fingerprint density at radius 1 is 1.10 bits per heavy atom. The van der Waals surface area contributed by atoms with Crippen molar-refractivity contribution in [2.45, 2.75) is 9.79 Å². The molecule has 0 amide bonds. The molecule has 0 atom stereocenters. The third kappa shape index (κ3) is 4.56. The van der Waals surface area contributed by atoms with Crippen LogP contribution in [0.4, 0.5) is 11.4 Å². The van der Waals surface area contributed by atoms with Gasteiger partial charge in [-0.1, -0.05) is 39.8 Å². The van der Waals surface area contributed by atoms with E-state index in [1.54, 1.807) is 0 Å². The minimum atomic E-state index is -4.68. The molecule has 3 rings (SSSR count). The van der Waals surface area contributed by atoms with E-state index in [-0.39, 0.29) is 42.4 Å². The number of aromatic hydroxyl groups is 1. The highest BCUT2D eigenvalue weighted by atomic mass is 35.5. The topological polar surface area (TPSA) is 164 Å². The van der Waals surface area contributed by atoms with E-state index in [1.807, 2.05) is 0 Å². The average molecular weight is 520 g/mol. The van der Waals surface area contributed by atoms with Crippen molar-refractivity contribution in [1.29, 1.82) is 0 Å². The average Bonchev–Trinajstić information content (AvgIpc) is 3.15. The van der Waals surface area contributed by atoms with E-state index in [0.29, 0.717) is 23.8 Å². The lowest BCUT2D eigenvalue weighted by molar-refractivity contribution is -0.432. The van der Waals surface area contributed by atoms with Crippen molar-refractivity contribution < 1.29 is 32.7 Å². The van der Waals surface area contributed by atoms with Gasteiger partial charge in [0, 0.05) is 0 Å². The van der Waals surface area contributed by atoms with Crippen molar-refractivity contribution >= 4 is 91.1 Å². The number of rotatable bonds is 6. The van der Waals surface area contributed by atoms with Crippen LogP contribution in [-0.4, -0.2) is 32.1 Å². The molecule has 1 aromatic heterocycles. The molecular formula is C12H5Cl3N4O7S3. The molecule has 0 spiro atoms. The molecule has 2 aromatic carbocycles. The molecule has 0 aliphatic rings. The van der Waals surface area contributed by atoms with Crippen LogP contribution in [0.15, 0.2) is 32.2 Å². The zero-order valence-corrected chi connectivity index (χ0v) is 18.0. The van der Waals surface area contributed by atoms with Crippen molar-refractivity contribution in [3.05, 3.63) is 27.2 Å². The zero-order valence-electron chi connectivity index (χ0n) is 13.3. The molecule has 11 nitrogen and oxygen atoms in total. The van der Waals surface area contributed by atoms with Crippen molar-refractivity contribution in [3.8, 4) is 5.75 Å². The van der Waals surface area contributed by atoms with Crippen LogP contribution in [0.5, 0.6) is 5.75 Å². The maximum atomic E-state index is 11.7. The molecule has 0 aliphatic heterocycles. The van der Waals surface area contributed by atoms with E-state index in [0.717, 1.165) is 6.07 Å². The zero-order chi connectivity index (χ0) is 21.3. The Labute approximate surface area is 185 Å². The molecule has 0 saturated carbocycles. The Morgan fingerprint density at radius 3 is 2.45 bits per heavy atom. The predicted octanol–water partition coefficient (Wildman–Crippen LogP) is 5.45. The molecule has 3 aromatic rings. The summed E-state index contributed by atoms with van der Waals surface area (Å²) < 4.78 is 44.8. The first-order chi connectivity index (χ1) is 13.6. The maximum Gasteiger partial charge on any atom is 0.296 e. The number of fused-ring (bicyclic) bond motifs is 1. The lowest BCUT2D eigenvalue weighted by atomic mass is 10.2. The Kier molecular flexibility index (Phi) is 6.79. The fourth-order valence-corrected chi connectivity index (χ4v) is 4.50. The Hall–Kier alpha value is -1.33. The van der Waals surface area contributed by atoms with Gasteiger partial charge in [-0.2, -0.15) is 17.2 Å². The number of phenols is 1. The van der Waals surface area contributed by atoms with E-state index in [2.05, 4.69) is 28.3 Å². The van der Waals surface area contributed by atoms with E-state index in [4.69, 9.17) is 40.1 Å². The maximum absolute atomic E-state index is 11.7. The molecule has 0 saturated heterocycles. The molecule has 0 bridgehead atoms. The quantitative estimate of drug-likeness (QED) is 0.0952. The Morgan fingerprint density at radius 2 is 1.79 bits per heavy atom. The molecule has 0 radical (unpaired) electrons. The van der Waals surface area contributed by atoms with Crippen LogP contribution in [0.2, 0.25) is 15.1 Å². The van der Waals surface area contributed by atoms with Crippen LogP contribution in [0.3, 0.4) is 0 Å². The first kappa shape index (κ1) is 22.4. The van der Waals surface area contributed by atoms with E-state index in [1.165, 1.54) is 6.07 Å². The normalized spacial score (nSPS) is 12.3. The minimum absolute atomic E-state index is 0.0232. The lowest BCUT2D eigenvalue weighted by Crippen LogP contribution is -2.00. The fraction of sp³-hybridized carbons (Fsp3) is 0. The SMILES string of the molecule is O=S(=O)(O)c1cc(SOOO)c(/N=N/c2cc(Cl)c(O)c(Cl)c2Cl)c2nsnc12. The second kappa shape index (κ2) is 8.81. The Balaban J connectivity index is 2.21. The summed E-state index contributed by atoms with van der Waals surface area (Å²) in [4.78, 5) is -0.638. The largest absolute Gasteiger partial charge is 0.505 e. The number of hydrogen-bond acceptors (Lipinski definition) is 12. The fourth-order valence-electron chi connectivity index (χ4n) is 2.04. The predicted molar refractivity (Wildman–Crippen MR) is 105 cm³/mol. The molecule has 1 heterocycles. The van der Waals surface area contributed by atoms with E-state index in [9.17, 15) is 18.1 Å². The van der Waals surface area contributed by atoms with Crippen LogP contribution < -0.4 is 0 Å². The molecule has 3 N–H and O–H groups in total. The first-order valence-corrected chi connectivity index (χ1v) is 10.9. The van der Waals surface area contributed by atoms with Crippen LogP contribution in [0, 0.1) is 0 Å². The number of benzene rings is 2. The van der Waals surface area contributed by atoms with Gasteiger partial charge in [0.1, 0.15) is 32.3 Å². The molecular weight excluding hydrogens is 515 g/mol. The van der Waals surface area contributed by atoms with Gasteiger partial charge in [-0.15, -0.1) is 14.6 Å². The van der Waals surface area contributed by atoms with Crippen LogP contribution in [0.25, 0.3) is 11.0 Å². The number of halogens is 3. The second-order valence-corrected chi connectivity index (χ2v) is 8.76. The van der Waals surface area contributed by atoms with Gasteiger partial charge in [0.25, 0.3) is 10.1 Å². The van der Waals surface area contributed by atoms with Gasteiger partial charge in [0.05, 0.1) is 38.7 Å². The van der Waals surface area contributed by atoms with Crippen LogP contribution in [-0.2, 0) is 19.5 Å². The van der Waals surface area contributed by atoms with Crippen molar-refractivity contribution in [3.63, 3.8) is 0 Å². The standard InChI is InChI=1S/C12H5Cl3N4O7S3/c13-3-1-4(7(14)8(15)12(3)20)16-17-9-5(27-26-25-21)2-6(29(22,23)24)10-11(9)19-28-18-10/h1-2,20-21H,(H,22,23,24)/b17-16+. The lowest BCUT2D eigenvalue weighted by Gasteiger charge is -2.07. The second-order valence-electron chi connectivity index (χ2n) is 4.94. The molecule has 0 fully saturated rings. The smallest absolute Gasteiger partial charge is 0.296 e. The molecule has 0 unspecified atom stereocenters. The van der Waals surface area contributed by atoms with Gasteiger partial charge < -0.3 is 5.11 Å². The minimum Gasteiger partial charge on any atom is -0.505 e. The van der Waals surface area contributed by atoms with Gasteiger partial charge in [0.2, 0.25) is 0 Å². The summed E-state index contributed by atoms with van der Waals surface area (Å²) in [5, 5.41) is 28.9. The summed E-state index contributed by atoms with van der Waals surface area (Å²) in [6.45, 7) is 0. The molecule has 29 heavy (non-hydrogen) atoms. The van der Waals surface area contributed by atoms with Crippen LogP contribution in [0.1, 0.15) is 0 Å². The summed E-state index contributed by atoms with van der Waals surface area (Å²) >= 11 is 18.7. The van der Waals surface area contributed by atoms with Gasteiger partial charge >= 0.3 is 0 Å². The van der Waals surface area contributed by atoms with Crippen LogP contribution >= 0.6 is 58.6 Å². The number of hydrogen-bond donors (Lipinski definition) is 3. The third-order valence-corrected chi connectivity index (χ3v) is 6.40. The molecule has 154 valence electrons.